The Hall–Kier alpha value is -2.67. The first-order valence-corrected chi connectivity index (χ1v) is 7.84. The summed E-state index contributed by atoms with van der Waals surface area (Å²) in [4.78, 5) is 18.7. The van der Waals surface area contributed by atoms with Crippen molar-refractivity contribution in [2.45, 2.75) is 19.4 Å². The zero-order valence-corrected chi connectivity index (χ0v) is 13.3. The van der Waals surface area contributed by atoms with Crippen molar-refractivity contribution in [3.63, 3.8) is 0 Å². The van der Waals surface area contributed by atoms with Gasteiger partial charge < -0.3 is 18.6 Å². The quantitative estimate of drug-likeness (QED) is 0.734. The molecular formula is C17H17N3O4. The summed E-state index contributed by atoms with van der Waals surface area (Å²) in [5.41, 5.74) is 1.73. The Kier molecular flexibility index (Phi) is 3.78. The first kappa shape index (κ1) is 14.9. The Bertz CT molecular complexity index is 856. The van der Waals surface area contributed by atoms with E-state index in [1.807, 2.05) is 31.2 Å². The number of rotatable bonds is 3. The molecule has 1 fully saturated rings. The fourth-order valence-corrected chi connectivity index (χ4v) is 3.14. The standard InChI is InChI=1S/C17H17N3O4/c1-11-13(12-4-2-3-5-15(12)24-11)8-16(21)20-6-7-22-9-14(20)17-18-10-23-19-17/h2-5,10,14H,6-9H2,1H3. The van der Waals surface area contributed by atoms with Crippen LogP contribution in [0.1, 0.15) is 23.2 Å². The topological polar surface area (TPSA) is 81.6 Å². The van der Waals surface area contributed by atoms with Crippen molar-refractivity contribution in [2.75, 3.05) is 19.8 Å². The molecule has 24 heavy (non-hydrogen) atoms. The second kappa shape index (κ2) is 6.09. The van der Waals surface area contributed by atoms with Crippen molar-refractivity contribution in [1.29, 1.82) is 0 Å². The Labute approximate surface area is 138 Å². The molecule has 0 radical (unpaired) electrons. The number of carbonyl (C=O) groups is 1. The molecule has 0 aliphatic carbocycles. The monoisotopic (exact) mass is 327 g/mol. The van der Waals surface area contributed by atoms with Gasteiger partial charge in [-0.15, -0.1) is 0 Å². The molecule has 7 heteroatoms. The normalized spacial score (nSPS) is 18.2. The number of fused-ring (bicyclic) bond motifs is 1. The lowest BCUT2D eigenvalue weighted by molar-refractivity contribution is -0.139. The maximum atomic E-state index is 12.9. The van der Waals surface area contributed by atoms with E-state index in [2.05, 4.69) is 10.1 Å². The molecule has 7 nitrogen and oxygen atoms in total. The largest absolute Gasteiger partial charge is 0.461 e. The van der Waals surface area contributed by atoms with E-state index in [1.54, 1.807) is 4.90 Å². The molecule has 1 amide bonds. The van der Waals surface area contributed by atoms with Gasteiger partial charge in [-0.2, -0.15) is 4.98 Å². The molecule has 0 N–H and O–H groups in total. The lowest BCUT2D eigenvalue weighted by Crippen LogP contribution is -2.44. The maximum absolute atomic E-state index is 12.9. The van der Waals surface area contributed by atoms with Crippen molar-refractivity contribution in [3.8, 4) is 0 Å². The SMILES string of the molecule is Cc1oc2ccccc2c1CC(=O)N1CCOCC1c1ncon1. The predicted octanol–water partition coefficient (Wildman–Crippen LogP) is 2.27. The van der Waals surface area contributed by atoms with Crippen molar-refractivity contribution in [3.05, 3.63) is 47.8 Å². The maximum Gasteiger partial charge on any atom is 0.227 e. The van der Waals surface area contributed by atoms with Crippen LogP contribution in [0.3, 0.4) is 0 Å². The van der Waals surface area contributed by atoms with Crippen molar-refractivity contribution >= 4 is 16.9 Å². The number of hydrogen-bond donors (Lipinski definition) is 0. The van der Waals surface area contributed by atoms with Crippen LogP contribution < -0.4 is 0 Å². The van der Waals surface area contributed by atoms with Crippen LogP contribution in [-0.4, -0.2) is 40.7 Å². The van der Waals surface area contributed by atoms with Gasteiger partial charge in [0.25, 0.3) is 0 Å². The average Bonchev–Trinajstić information content (AvgIpc) is 3.24. The van der Waals surface area contributed by atoms with E-state index in [4.69, 9.17) is 13.7 Å². The van der Waals surface area contributed by atoms with E-state index >= 15 is 0 Å². The Morgan fingerprint density at radius 2 is 2.25 bits per heavy atom. The minimum atomic E-state index is -0.316. The number of para-hydroxylation sites is 1. The molecule has 1 saturated heterocycles. The van der Waals surface area contributed by atoms with Crippen LogP contribution in [0.5, 0.6) is 0 Å². The van der Waals surface area contributed by atoms with Crippen LogP contribution in [0, 0.1) is 6.92 Å². The molecular weight excluding hydrogens is 310 g/mol. The third-order valence-electron chi connectivity index (χ3n) is 4.35. The number of hydrogen-bond acceptors (Lipinski definition) is 6. The van der Waals surface area contributed by atoms with Gasteiger partial charge in [-0.3, -0.25) is 4.79 Å². The van der Waals surface area contributed by atoms with Gasteiger partial charge in [0.05, 0.1) is 19.6 Å². The second-order valence-corrected chi connectivity index (χ2v) is 5.78. The van der Waals surface area contributed by atoms with E-state index in [9.17, 15) is 4.79 Å². The van der Waals surface area contributed by atoms with Crippen LogP contribution in [0.25, 0.3) is 11.0 Å². The number of aromatic nitrogens is 2. The lowest BCUT2D eigenvalue weighted by Gasteiger charge is -2.33. The minimum Gasteiger partial charge on any atom is -0.461 e. The summed E-state index contributed by atoms with van der Waals surface area (Å²) >= 11 is 0. The van der Waals surface area contributed by atoms with Gasteiger partial charge in [-0.1, -0.05) is 23.4 Å². The molecule has 0 bridgehead atoms. The van der Waals surface area contributed by atoms with Crippen LogP contribution >= 0.6 is 0 Å². The molecule has 1 aliphatic heterocycles. The summed E-state index contributed by atoms with van der Waals surface area (Å²) in [6.45, 7) is 3.27. The molecule has 4 rings (SSSR count). The third kappa shape index (κ3) is 2.56. The van der Waals surface area contributed by atoms with Crippen molar-refractivity contribution in [2.24, 2.45) is 0 Å². The first-order valence-electron chi connectivity index (χ1n) is 7.84. The highest BCUT2D eigenvalue weighted by atomic mass is 16.5. The van der Waals surface area contributed by atoms with Gasteiger partial charge in [0.1, 0.15) is 17.4 Å². The van der Waals surface area contributed by atoms with E-state index in [0.717, 1.165) is 22.3 Å². The number of nitrogens with zero attached hydrogens (tertiary/aromatic N) is 3. The number of benzene rings is 1. The first-order chi connectivity index (χ1) is 11.7. The zero-order chi connectivity index (χ0) is 16.5. The Balaban J connectivity index is 1.61. The fourth-order valence-electron chi connectivity index (χ4n) is 3.14. The second-order valence-electron chi connectivity index (χ2n) is 5.78. The molecule has 2 aromatic heterocycles. The molecule has 0 saturated carbocycles. The summed E-state index contributed by atoms with van der Waals surface area (Å²) in [5, 5.41) is 4.84. The van der Waals surface area contributed by atoms with Crippen molar-refractivity contribution in [1.82, 2.24) is 15.0 Å². The molecule has 3 aromatic rings. The Morgan fingerprint density at radius 1 is 1.38 bits per heavy atom. The van der Waals surface area contributed by atoms with Crippen molar-refractivity contribution < 1.29 is 18.5 Å². The summed E-state index contributed by atoms with van der Waals surface area (Å²) in [6, 6.07) is 7.44. The molecule has 124 valence electrons. The van der Waals surface area contributed by atoms with Crippen LogP contribution in [0.15, 0.2) is 39.6 Å². The van der Waals surface area contributed by atoms with Crippen LogP contribution in [0.4, 0.5) is 0 Å². The minimum absolute atomic E-state index is 0.00255. The van der Waals surface area contributed by atoms with Crippen LogP contribution in [0.2, 0.25) is 0 Å². The van der Waals surface area contributed by atoms with Gasteiger partial charge in [0, 0.05) is 17.5 Å². The van der Waals surface area contributed by atoms with E-state index in [1.165, 1.54) is 6.39 Å². The number of amides is 1. The summed E-state index contributed by atoms with van der Waals surface area (Å²) in [5.74, 6) is 1.24. The average molecular weight is 327 g/mol. The molecule has 1 aromatic carbocycles. The van der Waals surface area contributed by atoms with E-state index in [-0.39, 0.29) is 18.4 Å². The number of aryl methyl sites for hydroxylation is 1. The Morgan fingerprint density at radius 3 is 3.08 bits per heavy atom. The fraction of sp³-hybridized carbons (Fsp3) is 0.353. The predicted molar refractivity (Wildman–Crippen MR) is 84.2 cm³/mol. The van der Waals surface area contributed by atoms with Gasteiger partial charge in [0.2, 0.25) is 12.3 Å². The highest BCUT2D eigenvalue weighted by molar-refractivity contribution is 5.88. The number of ether oxygens (including phenoxy) is 1. The summed E-state index contributed by atoms with van der Waals surface area (Å²) in [6.07, 6.45) is 1.54. The van der Waals surface area contributed by atoms with Gasteiger partial charge >= 0.3 is 0 Å². The third-order valence-corrected chi connectivity index (χ3v) is 4.35. The zero-order valence-electron chi connectivity index (χ0n) is 13.3. The molecule has 1 atom stereocenters. The highest BCUT2D eigenvalue weighted by Crippen LogP contribution is 2.28. The smallest absolute Gasteiger partial charge is 0.227 e. The van der Waals surface area contributed by atoms with Gasteiger partial charge in [-0.05, 0) is 13.0 Å². The number of furan rings is 1. The van der Waals surface area contributed by atoms with E-state index < -0.39 is 0 Å². The molecule has 0 spiro atoms. The summed E-state index contributed by atoms with van der Waals surface area (Å²) in [7, 11) is 0. The van der Waals surface area contributed by atoms with Crippen LogP contribution in [-0.2, 0) is 16.0 Å². The molecule has 1 unspecified atom stereocenters. The highest BCUT2D eigenvalue weighted by Gasteiger charge is 2.32. The molecule has 1 aliphatic rings. The number of carbonyl (C=O) groups excluding carboxylic acids is 1. The lowest BCUT2D eigenvalue weighted by atomic mass is 10.1. The summed E-state index contributed by atoms with van der Waals surface area (Å²) < 4.78 is 16.0. The molecule has 3 heterocycles. The van der Waals surface area contributed by atoms with E-state index in [0.29, 0.717) is 25.6 Å². The van der Waals surface area contributed by atoms with Gasteiger partial charge in [0.15, 0.2) is 5.82 Å². The van der Waals surface area contributed by atoms with Gasteiger partial charge in [-0.25, -0.2) is 0 Å². The number of morpholine rings is 1.